The molecule has 0 N–H and O–H groups in total. The number of fused-ring (bicyclic) bond motifs is 4. The first kappa shape index (κ1) is 43.8. The van der Waals surface area contributed by atoms with Crippen LogP contribution in [0.1, 0.15) is 18.9 Å². The fourth-order valence-electron chi connectivity index (χ4n) is 10.9. The van der Waals surface area contributed by atoms with Crippen molar-refractivity contribution < 1.29 is 0 Å². The lowest BCUT2D eigenvalue weighted by Crippen LogP contribution is -2.24. The van der Waals surface area contributed by atoms with Crippen LogP contribution in [0.3, 0.4) is 0 Å². The van der Waals surface area contributed by atoms with Crippen molar-refractivity contribution in [2.75, 3.05) is 4.90 Å². The molecule has 11 aromatic carbocycles. The van der Waals surface area contributed by atoms with Crippen LogP contribution in [0.2, 0.25) is 0 Å². The van der Waals surface area contributed by atoms with Gasteiger partial charge in [0.1, 0.15) is 0 Å². The summed E-state index contributed by atoms with van der Waals surface area (Å²) in [6, 6.07) is 97.4. The second kappa shape index (κ2) is 18.5. The Morgan fingerprint density at radius 2 is 0.795 bits per heavy atom. The minimum atomic E-state index is -0.166. The molecular formula is C71H52N2. The quantitative estimate of drug-likeness (QED) is 0.133. The highest BCUT2D eigenvalue weighted by atomic mass is 15.1. The van der Waals surface area contributed by atoms with Gasteiger partial charge in [-0.25, -0.2) is 0 Å². The molecule has 12 aromatic rings. The molecule has 1 atom stereocenters. The van der Waals surface area contributed by atoms with Crippen molar-refractivity contribution in [3.63, 3.8) is 0 Å². The van der Waals surface area contributed by atoms with Crippen LogP contribution in [0.5, 0.6) is 0 Å². The Morgan fingerprint density at radius 3 is 1.37 bits per heavy atom. The molecule has 1 unspecified atom stereocenters. The molecule has 0 amide bonds. The fourth-order valence-corrected chi connectivity index (χ4v) is 10.9. The van der Waals surface area contributed by atoms with E-state index in [4.69, 9.17) is 0 Å². The molecule has 1 aliphatic carbocycles. The van der Waals surface area contributed by atoms with Crippen molar-refractivity contribution in [1.29, 1.82) is 0 Å². The SMILES string of the molecule is CC1(c2cccc(-c3ccc4ccccc4c3)c2)C=CC(N(c2ccc(-c3ccc(-c4ccccc4)cc3)cc2)c2ccc(-c3ccc(-c4cccc(-n5c6ccccc6c6ccccc65)c4)cc3)cc2)=CC1. The molecule has 346 valence electrons. The molecule has 0 spiro atoms. The molecule has 1 aliphatic rings. The van der Waals surface area contributed by atoms with E-state index in [0.29, 0.717) is 0 Å². The zero-order valence-electron chi connectivity index (χ0n) is 40.7. The number of allylic oxidation sites excluding steroid dienone is 3. The number of aromatic nitrogens is 1. The lowest BCUT2D eigenvalue weighted by Gasteiger charge is -2.33. The number of hydrogen-bond donors (Lipinski definition) is 0. The maximum absolute atomic E-state index is 2.42. The lowest BCUT2D eigenvalue weighted by atomic mass is 9.76. The largest absolute Gasteiger partial charge is 0.311 e. The molecule has 1 heterocycles. The number of para-hydroxylation sites is 2. The van der Waals surface area contributed by atoms with Crippen LogP contribution >= 0.6 is 0 Å². The summed E-state index contributed by atoms with van der Waals surface area (Å²) in [5.41, 5.74) is 20.2. The van der Waals surface area contributed by atoms with Crippen molar-refractivity contribution in [2.24, 2.45) is 0 Å². The van der Waals surface area contributed by atoms with E-state index in [1.165, 1.54) is 93.8 Å². The normalized spacial score (nSPS) is 14.4. The Kier molecular flexibility index (Phi) is 11.1. The van der Waals surface area contributed by atoms with Crippen molar-refractivity contribution in [3.05, 3.63) is 296 Å². The predicted octanol–water partition coefficient (Wildman–Crippen LogP) is 19.2. The summed E-state index contributed by atoms with van der Waals surface area (Å²) in [5, 5.41) is 5.06. The average Bonchev–Trinajstić information content (AvgIpc) is 3.81. The van der Waals surface area contributed by atoms with Crippen molar-refractivity contribution in [3.8, 4) is 61.3 Å². The summed E-state index contributed by atoms with van der Waals surface area (Å²) in [6.45, 7) is 2.36. The van der Waals surface area contributed by atoms with Gasteiger partial charge in [-0.2, -0.15) is 0 Å². The predicted molar refractivity (Wildman–Crippen MR) is 310 cm³/mol. The summed E-state index contributed by atoms with van der Waals surface area (Å²) >= 11 is 0. The highest BCUT2D eigenvalue weighted by molar-refractivity contribution is 6.09. The van der Waals surface area contributed by atoms with Gasteiger partial charge in [-0.3, -0.25) is 0 Å². The Labute approximate surface area is 427 Å². The Balaban J connectivity index is 0.795. The second-order valence-electron chi connectivity index (χ2n) is 19.6. The van der Waals surface area contributed by atoms with E-state index in [0.717, 1.165) is 29.2 Å². The van der Waals surface area contributed by atoms with Crippen LogP contribution < -0.4 is 4.90 Å². The van der Waals surface area contributed by atoms with Gasteiger partial charge in [0.15, 0.2) is 0 Å². The van der Waals surface area contributed by atoms with Gasteiger partial charge in [0, 0.05) is 38.9 Å². The van der Waals surface area contributed by atoms with Gasteiger partial charge >= 0.3 is 0 Å². The molecule has 73 heavy (non-hydrogen) atoms. The molecule has 0 bridgehead atoms. The first-order chi connectivity index (χ1) is 36.0. The minimum Gasteiger partial charge on any atom is -0.311 e. The number of hydrogen-bond acceptors (Lipinski definition) is 1. The third-order valence-electron chi connectivity index (χ3n) is 15.0. The summed E-state index contributed by atoms with van der Waals surface area (Å²) in [4.78, 5) is 2.40. The maximum Gasteiger partial charge on any atom is 0.0541 e. The van der Waals surface area contributed by atoms with Gasteiger partial charge < -0.3 is 9.47 Å². The molecule has 13 rings (SSSR count). The standard InChI is InChI=1S/C71H52N2/c1-71(62-19-11-17-59(48-62)61-34-33-51-15-5-6-16-58(51)47-61)45-43-65(44-46-71)72(63-39-35-55(36-40-63)53-27-25-52(26-28-53)50-13-3-2-4-14-50)64-41-37-56(38-42-64)54-29-31-57(32-30-54)60-18-12-20-66(49-60)73-69-23-9-7-21-67(69)68-22-8-10-24-70(68)73/h2-45,47-49H,46H2,1H3. The number of benzene rings is 11. The molecule has 0 aliphatic heterocycles. The zero-order chi connectivity index (χ0) is 48.7. The van der Waals surface area contributed by atoms with Crippen LogP contribution in [0.4, 0.5) is 11.4 Å². The molecule has 0 saturated heterocycles. The van der Waals surface area contributed by atoms with Gasteiger partial charge in [0.25, 0.3) is 0 Å². The topological polar surface area (TPSA) is 8.17 Å². The Morgan fingerprint density at radius 1 is 0.356 bits per heavy atom. The highest BCUT2D eigenvalue weighted by Gasteiger charge is 2.28. The summed E-state index contributed by atoms with van der Waals surface area (Å²) in [7, 11) is 0. The molecule has 0 radical (unpaired) electrons. The Bertz CT molecular complexity index is 3970. The highest BCUT2D eigenvalue weighted by Crippen LogP contribution is 2.41. The van der Waals surface area contributed by atoms with Crippen molar-refractivity contribution in [2.45, 2.75) is 18.8 Å². The van der Waals surface area contributed by atoms with Gasteiger partial charge in [-0.1, -0.05) is 231 Å². The molecule has 0 fully saturated rings. The van der Waals surface area contributed by atoms with E-state index in [1.807, 2.05) is 0 Å². The Hall–Kier alpha value is -9.24. The van der Waals surface area contributed by atoms with E-state index in [9.17, 15) is 0 Å². The number of rotatable bonds is 10. The van der Waals surface area contributed by atoms with Gasteiger partial charge in [-0.05, 0) is 139 Å². The van der Waals surface area contributed by atoms with E-state index in [2.05, 4.69) is 302 Å². The lowest BCUT2D eigenvalue weighted by molar-refractivity contribution is 0.595. The smallest absolute Gasteiger partial charge is 0.0541 e. The molecule has 2 heteroatoms. The summed E-state index contributed by atoms with van der Waals surface area (Å²) in [5.74, 6) is 0. The zero-order valence-corrected chi connectivity index (χ0v) is 40.7. The first-order valence-electron chi connectivity index (χ1n) is 25.4. The van der Waals surface area contributed by atoms with Crippen LogP contribution in [0.25, 0.3) is 93.9 Å². The van der Waals surface area contributed by atoms with Gasteiger partial charge in [-0.15, -0.1) is 0 Å². The van der Waals surface area contributed by atoms with E-state index < -0.39 is 0 Å². The van der Waals surface area contributed by atoms with Crippen molar-refractivity contribution in [1.82, 2.24) is 4.57 Å². The average molecular weight is 933 g/mol. The summed E-state index contributed by atoms with van der Waals surface area (Å²) in [6.07, 6.45) is 8.02. The van der Waals surface area contributed by atoms with Crippen molar-refractivity contribution >= 4 is 44.0 Å². The minimum absolute atomic E-state index is 0.166. The monoisotopic (exact) mass is 932 g/mol. The summed E-state index contributed by atoms with van der Waals surface area (Å²) < 4.78 is 2.39. The third-order valence-corrected chi connectivity index (χ3v) is 15.0. The van der Waals surface area contributed by atoms with Crippen LogP contribution in [-0.2, 0) is 5.41 Å². The van der Waals surface area contributed by atoms with Crippen LogP contribution in [-0.4, -0.2) is 4.57 Å². The van der Waals surface area contributed by atoms with Crippen LogP contribution in [0.15, 0.2) is 291 Å². The number of anilines is 2. The van der Waals surface area contributed by atoms with E-state index in [1.54, 1.807) is 0 Å². The van der Waals surface area contributed by atoms with Gasteiger partial charge in [0.05, 0.1) is 11.0 Å². The molecular weight excluding hydrogens is 881 g/mol. The second-order valence-corrected chi connectivity index (χ2v) is 19.6. The number of nitrogens with zero attached hydrogens (tertiary/aromatic N) is 2. The van der Waals surface area contributed by atoms with Crippen LogP contribution in [0, 0.1) is 0 Å². The molecule has 0 saturated carbocycles. The first-order valence-corrected chi connectivity index (χ1v) is 25.4. The van der Waals surface area contributed by atoms with E-state index in [-0.39, 0.29) is 5.41 Å². The molecule has 1 aromatic heterocycles. The van der Waals surface area contributed by atoms with Gasteiger partial charge in [0.2, 0.25) is 0 Å². The third kappa shape index (κ3) is 8.33. The fraction of sp³-hybridized carbons (Fsp3) is 0.0423. The maximum atomic E-state index is 2.42. The molecule has 2 nitrogen and oxygen atoms in total. The van der Waals surface area contributed by atoms with E-state index >= 15 is 0 Å².